The number of ether oxygens (including phenoxy) is 1. The molecule has 0 N–H and O–H groups in total. The van der Waals surface area contributed by atoms with Crippen LogP contribution in [0.1, 0.15) is 48.0 Å². The lowest BCUT2D eigenvalue weighted by Crippen LogP contribution is -2.47. The number of halogens is 1. The van der Waals surface area contributed by atoms with Gasteiger partial charge in [0.2, 0.25) is 0 Å². The molecule has 160 valence electrons. The van der Waals surface area contributed by atoms with E-state index in [9.17, 15) is 0 Å². The molecule has 0 spiro atoms. The summed E-state index contributed by atoms with van der Waals surface area (Å²) in [6, 6.07) is 31.0. The summed E-state index contributed by atoms with van der Waals surface area (Å²) >= 11 is 6.19. The van der Waals surface area contributed by atoms with Gasteiger partial charge in [-0.2, -0.15) is 0 Å². The molecule has 2 aliphatic rings. The van der Waals surface area contributed by atoms with E-state index in [0.717, 1.165) is 11.6 Å². The van der Waals surface area contributed by atoms with Crippen molar-refractivity contribution in [2.45, 2.75) is 43.4 Å². The van der Waals surface area contributed by atoms with Crippen molar-refractivity contribution < 1.29 is 4.74 Å². The maximum atomic E-state index is 6.78. The molecule has 2 fully saturated rings. The first-order chi connectivity index (χ1) is 15.2. The summed E-state index contributed by atoms with van der Waals surface area (Å²) in [5.74, 6) is 0.984. The fraction of sp³-hybridized carbons (Fsp3) is 0.357. The summed E-state index contributed by atoms with van der Waals surface area (Å²) in [4.78, 5) is 2.61. The van der Waals surface area contributed by atoms with Crippen LogP contribution in [0.4, 0.5) is 0 Å². The molecule has 2 heterocycles. The van der Waals surface area contributed by atoms with Gasteiger partial charge in [-0.05, 0) is 61.1 Å². The van der Waals surface area contributed by atoms with Crippen LogP contribution in [0.15, 0.2) is 84.9 Å². The molecule has 3 heteroatoms. The second kappa shape index (κ2) is 9.16. The van der Waals surface area contributed by atoms with E-state index in [2.05, 4.69) is 84.7 Å². The van der Waals surface area contributed by atoms with Crippen molar-refractivity contribution in [3.05, 3.63) is 107 Å². The highest BCUT2D eigenvalue weighted by Crippen LogP contribution is 2.47. The van der Waals surface area contributed by atoms with E-state index < -0.39 is 0 Å². The van der Waals surface area contributed by atoms with Crippen molar-refractivity contribution in [1.29, 1.82) is 0 Å². The van der Waals surface area contributed by atoms with Crippen LogP contribution in [0.25, 0.3) is 0 Å². The molecule has 31 heavy (non-hydrogen) atoms. The van der Waals surface area contributed by atoms with Gasteiger partial charge >= 0.3 is 0 Å². The van der Waals surface area contributed by atoms with Crippen LogP contribution >= 0.6 is 11.6 Å². The summed E-state index contributed by atoms with van der Waals surface area (Å²) in [5, 5.41) is 0.806. The van der Waals surface area contributed by atoms with Crippen LogP contribution < -0.4 is 0 Å². The minimum absolute atomic E-state index is 0.0438. The van der Waals surface area contributed by atoms with E-state index in [4.69, 9.17) is 16.3 Å². The third kappa shape index (κ3) is 4.30. The normalized spacial score (nSPS) is 25.8. The average Bonchev–Trinajstić information content (AvgIpc) is 3.05. The van der Waals surface area contributed by atoms with Crippen LogP contribution in [0.5, 0.6) is 0 Å². The van der Waals surface area contributed by atoms with E-state index in [1.807, 2.05) is 12.1 Å². The van der Waals surface area contributed by atoms with E-state index in [1.165, 1.54) is 36.0 Å². The van der Waals surface area contributed by atoms with Gasteiger partial charge < -0.3 is 9.64 Å². The quantitative estimate of drug-likeness (QED) is 0.430. The van der Waals surface area contributed by atoms with Crippen LogP contribution in [-0.2, 0) is 4.74 Å². The summed E-state index contributed by atoms with van der Waals surface area (Å²) in [7, 11) is 2.30. The average molecular weight is 432 g/mol. The van der Waals surface area contributed by atoms with Crippen LogP contribution in [0.2, 0.25) is 5.02 Å². The van der Waals surface area contributed by atoms with Gasteiger partial charge in [-0.25, -0.2) is 0 Å². The van der Waals surface area contributed by atoms with Gasteiger partial charge in [-0.1, -0.05) is 84.4 Å². The summed E-state index contributed by atoms with van der Waals surface area (Å²) in [6.45, 7) is 0.753. The molecule has 4 atom stereocenters. The summed E-state index contributed by atoms with van der Waals surface area (Å²) in [5.41, 5.74) is 3.83. The molecule has 2 saturated heterocycles. The van der Waals surface area contributed by atoms with Gasteiger partial charge in [0, 0.05) is 23.0 Å². The van der Waals surface area contributed by atoms with Crippen molar-refractivity contribution in [1.82, 2.24) is 4.90 Å². The summed E-state index contributed by atoms with van der Waals surface area (Å²) < 4.78 is 6.78. The Balaban J connectivity index is 1.43. The first-order valence-electron chi connectivity index (χ1n) is 11.4. The number of piperidine rings is 1. The Bertz CT molecular complexity index is 935. The Hall–Kier alpha value is -2.13. The molecular formula is C28H30ClNO. The molecule has 0 aliphatic carbocycles. The predicted molar refractivity (Wildman–Crippen MR) is 128 cm³/mol. The first kappa shape index (κ1) is 20.8. The first-order valence-corrected chi connectivity index (χ1v) is 11.8. The third-order valence-electron chi connectivity index (χ3n) is 7.39. The number of benzene rings is 3. The molecule has 2 nitrogen and oxygen atoms in total. The van der Waals surface area contributed by atoms with Gasteiger partial charge in [0.05, 0.1) is 6.61 Å². The Kier molecular flexibility index (Phi) is 6.13. The molecule has 0 saturated carbocycles. The largest absolute Gasteiger partial charge is 0.368 e. The standard InChI is InChI=1S/C28H30ClNO/c1-30-24-16-17-27(30)26(25(18-24)20-12-14-23(29)15-13-20)19-31-28(21-8-4-2-5-9-21)22-10-6-3-7-11-22/h2-15,24-28H,16-19H2,1H3/t24?,25?,26-,27?/m0/s1. The fourth-order valence-corrected chi connectivity index (χ4v) is 5.87. The number of rotatable bonds is 6. The fourth-order valence-electron chi connectivity index (χ4n) is 5.75. The lowest BCUT2D eigenvalue weighted by Gasteiger charge is -2.43. The van der Waals surface area contributed by atoms with Crippen molar-refractivity contribution in [2.24, 2.45) is 5.92 Å². The maximum absolute atomic E-state index is 6.78. The zero-order valence-corrected chi connectivity index (χ0v) is 18.8. The van der Waals surface area contributed by atoms with Crippen LogP contribution in [-0.4, -0.2) is 30.6 Å². The van der Waals surface area contributed by atoms with E-state index in [-0.39, 0.29) is 6.10 Å². The Morgan fingerprint density at radius 3 is 2.10 bits per heavy atom. The van der Waals surface area contributed by atoms with Crippen molar-refractivity contribution >= 4 is 11.6 Å². The molecule has 3 aromatic carbocycles. The SMILES string of the molecule is CN1C2CCC1[C@@H](COC(c1ccccc1)c1ccccc1)C(c1ccc(Cl)cc1)C2. The lowest BCUT2D eigenvalue weighted by atomic mass is 9.76. The lowest BCUT2D eigenvalue weighted by molar-refractivity contribution is -0.00335. The molecule has 3 aromatic rings. The van der Waals surface area contributed by atoms with Gasteiger partial charge in [-0.3, -0.25) is 0 Å². The Labute approximate surface area is 190 Å². The second-order valence-corrected chi connectivity index (χ2v) is 9.49. The number of hydrogen-bond donors (Lipinski definition) is 0. The molecule has 3 unspecified atom stereocenters. The molecule has 5 rings (SSSR count). The van der Waals surface area contributed by atoms with Crippen molar-refractivity contribution in [2.75, 3.05) is 13.7 Å². The Morgan fingerprint density at radius 2 is 1.48 bits per heavy atom. The zero-order valence-electron chi connectivity index (χ0n) is 18.0. The number of fused-ring (bicyclic) bond motifs is 2. The number of hydrogen-bond acceptors (Lipinski definition) is 2. The molecule has 0 aromatic heterocycles. The number of nitrogens with zero attached hydrogens (tertiary/aromatic N) is 1. The highest BCUT2D eigenvalue weighted by Gasteiger charge is 2.46. The summed E-state index contributed by atoms with van der Waals surface area (Å²) in [6.07, 6.45) is 3.71. The maximum Gasteiger partial charge on any atom is 0.108 e. The van der Waals surface area contributed by atoms with Crippen LogP contribution in [0, 0.1) is 5.92 Å². The highest BCUT2D eigenvalue weighted by molar-refractivity contribution is 6.30. The van der Waals surface area contributed by atoms with Crippen molar-refractivity contribution in [3.8, 4) is 0 Å². The van der Waals surface area contributed by atoms with Gasteiger partial charge in [0.1, 0.15) is 6.10 Å². The van der Waals surface area contributed by atoms with Gasteiger partial charge in [0.25, 0.3) is 0 Å². The molecule has 0 amide bonds. The van der Waals surface area contributed by atoms with E-state index in [0.29, 0.717) is 23.9 Å². The van der Waals surface area contributed by atoms with E-state index >= 15 is 0 Å². The topological polar surface area (TPSA) is 12.5 Å². The minimum atomic E-state index is -0.0438. The molecule has 0 radical (unpaired) electrons. The Morgan fingerprint density at radius 1 is 0.871 bits per heavy atom. The third-order valence-corrected chi connectivity index (χ3v) is 7.64. The molecule has 2 aliphatic heterocycles. The zero-order chi connectivity index (χ0) is 21.2. The predicted octanol–water partition coefficient (Wildman–Crippen LogP) is 6.71. The van der Waals surface area contributed by atoms with Gasteiger partial charge in [0.15, 0.2) is 0 Å². The van der Waals surface area contributed by atoms with Gasteiger partial charge in [-0.15, -0.1) is 0 Å². The van der Waals surface area contributed by atoms with Crippen LogP contribution in [0.3, 0.4) is 0 Å². The van der Waals surface area contributed by atoms with E-state index in [1.54, 1.807) is 0 Å². The highest BCUT2D eigenvalue weighted by atomic mass is 35.5. The van der Waals surface area contributed by atoms with Crippen molar-refractivity contribution in [3.63, 3.8) is 0 Å². The monoisotopic (exact) mass is 431 g/mol. The molecule has 2 bridgehead atoms. The minimum Gasteiger partial charge on any atom is -0.368 e. The second-order valence-electron chi connectivity index (χ2n) is 9.06. The molecular weight excluding hydrogens is 402 g/mol. The smallest absolute Gasteiger partial charge is 0.108 e.